The molecular weight excluding hydrogens is 398 g/mol. The topological polar surface area (TPSA) is 58.4 Å². The summed E-state index contributed by atoms with van der Waals surface area (Å²) in [5.74, 6) is 2.07. The molecule has 1 aliphatic heterocycles. The molecule has 166 valence electrons. The molecule has 2 heterocycles. The number of hydrogen-bond acceptors (Lipinski definition) is 5. The summed E-state index contributed by atoms with van der Waals surface area (Å²) in [5.41, 5.74) is 5.18. The number of nitrogens with one attached hydrogen (secondary N) is 1. The van der Waals surface area contributed by atoms with E-state index >= 15 is 0 Å². The average molecular weight is 430 g/mol. The summed E-state index contributed by atoms with van der Waals surface area (Å²) in [5, 5.41) is 9.21. The minimum Gasteiger partial charge on any atom is -0.382 e. The molecule has 1 saturated carbocycles. The summed E-state index contributed by atoms with van der Waals surface area (Å²) < 4.78 is 5.94. The molecule has 3 aliphatic rings. The first kappa shape index (κ1) is 19.8. The summed E-state index contributed by atoms with van der Waals surface area (Å²) in [6, 6.07) is 10.4. The highest BCUT2D eigenvalue weighted by molar-refractivity contribution is 6.28. The Kier molecular flexibility index (Phi) is 4.74. The lowest BCUT2D eigenvalue weighted by Crippen LogP contribution is -2.39. The van der Waals surface area contributed by atoms with Gasteiger partial charge >= 0.3 is 0 Å². The lowest BCUT2D eigenvalue weighted by Gasteiger charge is -2.37. The highest BCUT2D eigenvalue weighted by Gasteiger charge is 2.35. The molecule has 0 amide bonds. The molecule has 32 heavy (non-hydrogen) atoms. The van der Waals surface area contributed by atoms with Gasteiger partial charge in [0.25, 0.3) is 0 Å². The molecule has 6 rings (SSSR count). The zero-order valence-corrected chi connectivity index (χ0v) is 19.0. The Bertz CT molecular complexity index is 1180. The van der Waals surface area contributed by atoms with Gasteiger partial charge in [-0.3, -0.25) is 4.79 Å². The van der Waals surface area contributed by atoms with Crippen LogP contribution in [0.15, 0.2) is 34.9 Å². The number of rotatable bonds is 3. The Labute approximate surface area is 189 Å². The number of carbonyl (C=O) groups is 1. The molecule has 3 aromatic rings. The highest BCUT2D eigenvalue weighted by atomic mass is 16.5. The van der Waals surface area contributed by atoms with E-state index in [1.165, 1.54) is 25.7 Å². The Hall–Kier alpha value is -2.82. The number of ketones is 1. The number of aromatic nitrogens is 1. The van der Waals surface area contributed by atoms with E-state index in [4.69, 9.17) is 4.52 Å². The maximum atomic E-state index is 13.7. The van der Waals surface area contributed by atoms with Gasteiger partial charge in [0.2, 0.25) is 0 Å². The van der Waals surface area contributed by atoms with E-state index < -0.39 is 0 Å². The van der Waals surface area contributed by atoms with Crippen molar-refractivity contribution < 1.29 is 9.32 Å². The molecule has 2 aliphatic carbocycles. The van der Waals surface area contributed by atoms with Crippen molar-refractivity contribution in [3.63, 3.8) is 0 Å². The number of nitrogens with zero attached hydrogens (tertiary/aromatic N) is 2. The van der Waals surface area contributed by atoms with Gasteiger partial charge in [0, 0.05) is 35.9 Å². The van der Waals surface area contributed by atoms with E-state index in [2.05, 4.69) is 35.3 Å². The standard InChI is InChI=1S/C27H31N3O2/c1-16-12-17(2)15-30(14-16)22-13-21(28-18-8-4-3-5-9-18)23-24-25(22)29-32-27(24)20-11-7-6-10-19(20)26(23)31/h6-7,10-11,13,16-18,28H,3-5,8-9,12,14-15H2,1-2H3/t16-,17-/m1/s1. The molecule has 5 heteroatoms. The summed E-state index contributed by atoms with van der Waals surface area (Å²) in [6.07, 6.45) is 7.37. The fourth-order valence-corrected chi connectivity index (χ4v) is 6.22. The monoisotopic (exact) mass is 429 g/mol. The molecule has 1 saturated heterocycles. The molecule has 1 N–H and O–H groups in total. The third-order valence-corrected chi connectivity index (χ3v) is 7.55. The molecule has 2 atom stereocenters. The van der Waals surface area contributed by atoms with E-state index in [9.17, 15) is 4.79 Å². The zero-order chi connectivity index (χ0) is 21.8. The van der Waals surface area contributed by atoms with Crippen molar-refractivity contribution in [2.24, 2.45) is 11.8 Å². The average Bonchev–Trinajstić information content (AvgIpc) is 3.23. The first-order valence-corrected chi connectivity index (χ1v) is 12.2. The minimum absolute atomic E-state index is 0.0755. The van der Waals surface area contributed by atoms with Gasteiger partial charge in [-0.1, -0.05) is 62.5 Å². The third-order valence-electron chi connectivity index (χ3n) is 7.55. The summed E-state index contributed by atoms with van der Waals surface area (Å²) >= 11 is 0. The number of carbonyl (C=O) groups excluding carboxylic acids is 1. The smallest absolute Gasteiger partial charge is 0.196 e. The number of hydrogen-bond donors (Lipinski definition) is 1. The Morgan fingerprint density at radius 1 is 1.03 bits per heavy atom. The number of benzene rings is 2. The molecule has 2 aromatic carbocycles. The molecule has 1 aromatic heterocycles. The summed E-state index contributed by atoms with van der Waals surface area (Å²) in [6.45, 7) is 6.67. The van der Waals surface area contributed by atoms with Crippen molar-refractivity contribution in [3.05, 3.63) is 41.5 Å². The van der Waals surface area contributed by atoms with Crippen molar-refractivity contribution in [2.75, 3.05) is 23.3 Å². The van der Waals surface area contributed by atoms with E-state index in [1.54, 1.807) is 0 Å². The van der Waals surface area contributed by atoms with Gasteiger partial charge in [-0.05, 0) is 37.2 Å². The van der Waals surface area contributed by atoms with Crippen LogP contribution in [-0.4, -0.2) is 30.1 Å². The second-order valence-electron chi connectivity index (χ2n) is 10.3. The highest BCUT2D eigenvalue weighted by Crippen LogP contribution is 2.46. The van der Waals surface area contributed by atoms with Crippen molar-refractivity contribution in [3.8, 4) is 11.3 Å². The molecule has 0 unspecified atom stereocenters. The molecule has 0 radical (unpaired) electrons. The number of anilines is 2. The van der Waals surface area contributed by atoms with Gasteiger partial charge in [-0.25, -0.2) is 0 Å². The lowest BCUT2D eigenvalue weighted by molar-refractivity contribution is 0.104. The predicted molar refractivity (Wildman–Crippen MR) is 129 cm³/mol. The second-order valence-corrected chi connectivity index (χ2v) is 10.3. The normalized spacial score (nSPS) is 23.4. The van der Waals surface area contributed by atoms with Crippen LogP contribution in [0.25, 0.3) is 22.2 Å². The van der Waals surface area contributed by atoms with Crippen molar-refractivity contribution in [2.45, 2.75) is 58.4 Å². The van der Waals surface area contributed by atoms with E-state index in [0.29, 0.717) is 23.4 Å². The van der Waals surface area contributed by atoms with E-state index in [-0.39, 0.29) is 5.78 Å². The van der Waals surface area contributed by atoms with Gasteiger partial charge in [0.1, 0.15) is 5.52 Å². The predicted octanol–water partition coefficient (Wildman–Crippen LogP) is 6.27. The zero-order valence-electron chi connectivity index (χ0n) is 19.0. The Morgan fingerprint density at radius 2 is 1.75 bits per heavy atom. The van der Waals surface area contributed by atoms with Crippen LogP contribution in [0.4, 0.5) is 11.4 Å². The second kappa shape index (κ2) is 7.65. The van der Waals surface area contributed by atoms with Crippen LogP contribution in [0.1, 0.15) is 68.3 Å². The minimum atomic E-state index is 0.0755. The fourth-order valence-electron chi connectivity index (χ4n) is 6.22. The number of piperidine rings is 1. The Morgan fingerprint density at radius 3 is 2.50 bits per heavy atom. The maximum absolute atomic E-state index is 13.7. The van der Waals surface area contributed by atoms with Crippen LogP contribution in [-0.2, 0) is 0 Å². The quantitative estimate of drug-likeness (QED) is 0.416. The van der Waals surface area contributed by atoms with Crippen molar-refractivity contribution in [1.29, 1.82) is 0 Å². The van der Waals surface area contributed by atoms with Gasteiger partial charge < -0.3 is 14.7 Å². The van der Waals surface area contributed by atoms with Gasteiger partial charge in [-0.2, -0.15) is 0 Å². The largest absolute Gasteiger partial charge is 0.382 e. The summed E-state index contributed by atoms with van der Waals surface area (Å²) in [4.78, 5) is 16.2. The van der Waals surface area contributed by atoms with Gasteiger partial charge in [-0.15, -0.1) is 0 Å². The SMILES string of the molecule is C[C@@H]1C[C@@H](C)CN(c2cc(NC3CCCCC3)c3c4c(onc24)-c2ccccc2C3=O)C1. The molecular formula is C27H31N3O2. The van der Waals surface area contributed by atoms with Crippen LogP contribution in [0, 0.1) is 11.8 Å². The van der Waals surface area contributed by atoms with Crippen LogP contribution >= 0.6 is 0 Å². The van der Waals surface area contributed by atoms with Crippen LogP contribution in [0.5, 0.6) is 0 Å². The van der Waals surface area contributed by atoms with Crippen molar-refractivity contribution >= 4 is 28.1 Å². The third kappa shape index (κ3) is 3.13. The maximum Gasteiger partial charge on any atom is 0.196 e. The molecule has 0 bridgehead atoms. The lowest BCUT2D eigenvalue weighted by atomic mass is 9.85. The molecule has 2 fully saturated rings. The number of fused-ring (bicyclic) bond motifs is 2. The van der Waals surface area contributed by atoms with E-state index in [1.807, 2.05) is 24.3 Å². The first-order chi connectivity index (χ1) is 15.6. The molecule has 0 spiro atoms. The van der Waals surface area contributed by atoms with Crippen molar-refractivity contribution in [1.82, 2.24) is 5.16 Å². The van der Waals surface area contributed by atoms with Gasteiger partial charge in [0.15, 0.2) is 11.5 Å². The Balaban J connectivity index is 1.56. The van der Waals surface area contributed by atoms with Crippen LogP contribution < -0.4 is 10.2 Å². The summed E-state index contributed by atoms with van der Waals surface area (Å²) in [7, 11) is 0. The van der Waals surface area contributed by atoms with Gasteiger partial charge in [0.05, 0.1) is 16.6 Å². The fraction of sp³-hybridized carbons (Fsp3) is 0.481. The molecule has 5 nitrogen and oxygen atoms in total. The van der Waals surface area contributed by atoms with Crippen LogP contribution in [0.2, 0.25) is 0 Å². The van der Waals surface area contributed by atoms with Crippen LogP contribution in [0.3, 0.4) is 0 Å². The first-order valence-electron chi connectivity index (χ1n) is 12.2. The van der Waals surface area contributed by atoms with E-state index in [0.717, 1.165) is 65.1 Å².